The fraction of sp³-hybridized carbons (Fsp3) is 0.375. The molecule has 0 fully saturated rings. The molecule has 156 valence electrons. The number of carbonyl (C=O) groups is 3. The lowest BCUT2D eigenvalue weighted by molar-refractivity contribution is -0.389. The minimum atomic E-state index is -0.757. The first-order chi connectivity index (χ1) is 13.6. The van der Waals surface area contributed by atoms with E-state index in [1.54, 1.807) is 0 Å². The molecule has 2 aromatic rings. The first kappa shape index (κ1) is 22.3. The number of nitrogens with two attached hydrogens (primary N) is 1. The van der Waals surface area contributed by atoms with Crippen molar-refractivity contribution in [2.45, 2.75) is 33.7 Å². The quantitative estimate of drug-likeness (QED) is 0.360. The molecular weight excluding hydrogens is 426 g/mol. The largest absolute Gasteiger partial charge is 0.462 e. The molecule has 0 aliphatic heterocycles. The van der Waals surface area contributed by atoms with Crippen molar-refractivity contribution < 1.29 is 24.0 Å². The van der Waals surface area contributed by atoms with E-state index in [1.807, 2.05) is 6.92 Å². The number of ether oxygens (including phenoxy) is 1. The predicted molar refractivity (Wildman–Crippen MR) is 105 cm³/mol. The molecule has 0 aliphatic rings. The van der Waals surface area contributed by atoms with E-state index in [0.717, 1.165) is 16.0 Å². The van der Waals surface area contributed by atoms with E-state index in [2.05, 4.69) is 10.4 Å². The van der Waals surface area contributed by atoms with E-state index in [-0.39, 0.29) is 32.8 Å². The molecule has 0 aliphatic carbocycles. The molecule has 0 bridgehead atoms. The third-order valence-corrected chi connectivity index (χ3v) is 5.51. The first-order valence-electron chi connectivity index (χ1n) is 8.35. The number of rotatable bonds is 8. The second-order valence-corrected chi connectivity index (χ2v) is 7.34. The number of primary amides is 1. The molecule has 29 heavy (non-hydrogen) atoms. The van der Waals surface area contributed by atoms with Crippen LogP contribution in [0.4, 0.5) is 10.8 Å². The Hall–Kier alpha value is -2.99. The Bertz CT molecular complexity index is 999. The van der Waals surface area contributed by atoms with E-state index < -0.39 is 35.1 Å². The smallest absolute Gasteiger partial charge is 0.408 e. The van der Waals surface area contributed by atoms with Crippen LogP contribution in [0, 0.1) is 24.0 Å². The summed E-state index contributed by atoms with van der Waals surface area (Å²) in [6.07, 6.45) is 0.595. The van der Waals surface area contributed by atoms with Crippen LogP contribution in [-0.4, -0.2) is 39.1 Å². The highest BCUT2D eigenvalue weighted by Crippen LogP contribution is 2.34. The number of carbonyl (C=O) groups excluding carboxylic acids is 3. The number of aromatic nitrogens is 2. The van der Waals surface area contributed by atoms with Gasteiger partial charge < -0.3 is 25.9 Å². The molecule has 2 heterocycles. The Morgan fingerprint density at radius 3 is 2.55 bits per heavy atom. The average Bonchev–Trinajstić information content (AvgIpc) is 3.11. The van der Waals surface area contributed by atoms with Crippen LogP contribution in [0.2, 0.25) is 5.02 Å². The average molecular weight is 444 g/mol. The van der Waals surface area contributed by atoms with Gasteiger partial charge in [0.1, 0.15) is 11.5 Å². The fourth-order valence-electron chi connectivity index (χ4n) is 2.43. The minimum absolute atomic E-state index is 0.0341. The fourth-order valence-corrected chi connectivity index (χ4v) is 3.70. The van der Waals surface area contributed by atoms with Gasteiger partial charge in [-0.15, -0.1) is 11.3 Å². The van der Waals surface area contributed by atoms with Gasteiger partial charge in [0.25, 0.3) is 5.91 Å². The van der Waals surface area contributed by atoms with Gasteiger partial charge in [0.2, 0.25) is 5.91 Å². The molecule has 3 N–H and O–H groups in total. The molecule has 0 saturated carbocycles. The highest BCUT2D eigenvalue weighted by atomic mass is 35.5. The van der Waals surface area contributed by atoms with Crippen LogP contribution in [0.3, 0.4) is 0 Å². The number of halogens is 1. The molecule has 2 aromatic heterocycles. The Morgan fingerprint density at radius 2 is 2.03 bits per heavy atom. The summed E-state index contributed by atoms with van der Waals surface area (Å²) in [4.78, 5) is 46.7. The lowest BCUT2D eigenvalue weighted by Crippen LogP contribution is -2.21. The van der Waals surface area contributed by atoms with Crippen LogP contribution in [0.5, 0.6) is 0 Å². The lowest BCUT2D eigenvalue weighted by atomic mass is 10.1. The SMILES string of the molecule is CCCOC(=O)c1c(NC(=O)Cn2nc([N+](=O)[O-])c(Cl)c2C)sc(C(N)=O)c1C. The number of nitro groups is 1. The molecule has 11 nitrogen and oxygen atoms in total. The molecule has 2 rings (SSSR count). The summed E-state index contributed by atoms with van der Waals surface area (Å²) >= 11 is 6.70. The number of nitrogens with zero attached hydrogens (tertiary/aromatic N) is 3. The van der Waals surface area contributed by atoms with Crippen molar-refractivity contribution in [3.05, 3.63) is 36.8 Å². The number of hydrogen-bond acceptors (Lipinski definition) is 8. The van der Waals surface area contributed by atoms with Gasteiger partial charge in [-0.05, 0) is 30.8 Å². The molecule has 0 radical (unpaired) electrons. The van der Waals surface area contributed by atoms with Crippen molar-refractivity contribution in [3.63, 3.8) is 0 Å². The topological polar surface area (TPSA) is 159 Å². The monoisotopic (exact) mass is 443 g/mol. The molecule has 0 saturated heterocycles. The highest BCUT2D eigenvalue weighted by Gasteiger charge is 2.28. The van der Waals surface area contributed by atoms with Crippen LogP contribution in [0.25, 0.3) is 0 Å². The predicted octanol–water partition coefficient (Wildman–Crippen LogP) is 2.43. The number of esters is 1. The number of hydrogen-bond donors (Lipinski definition) is 2. The maximum absolute atomic E-state index is 12.5. The lowest BCUT2D eigenvalue weighted by Gasteiger charge is -2.07. The number of anilines is 1. The van der Waals surface area contributed by atoms with Crippen molar-refractivity contribution >= 4 is 51.5 Å². The van der Waals surface area contributed by atoms with Crippen molar-refractivity contribution in [2.24, 2.45) is 5.73 Å². The van der Waals surface area contributed by atoms with Crippen molar-refractivity contribution in [1.82, 2.24) is 9.78 Å². The normalized spacial score (nSPS) is 10.6. The Labute approximate surface area is 173 Å². The summed E-state index contributed by atoms with van der Waals surface area (Å²) in [5.41, 5.74) is 5.90. The summed E-state index contributed by atoms with van der Waals surface area (Å²) in [7, 11) is 0. The van der Waals surface area contributed by atoms with Crippen LogP contribution in [-0.2, 0) is 16.1 Å². The van der Waals surface area contributed by atoms with Gasteiger partial charge in [-0.1, -0.05) is 18.5 Å². The molecule has 0 spiro atoms. The third kappa shape index (κ3) is 4.71. The molecular formula is C16H18ClN5O6S. The Morgan fingerprint density at radius 1 is 1.38 bits per heavy atom. The highest BCUT2D eigenvalue weighted by molar-refractivity contribution is 7.18. The summed E-state index contributed by atoms with van der Waals surface area (Å²) in [6, 6.07) is 0. The summed E-state index contributed by atoms with van der Waals surface area (Å²) in [5, 5.41) is 17.1. The van der Waals surface area contributed by atoms with Crippen LogP contribution < -0.4 is 11.1 Å². The van der Waals surface area contributed by atoms with E-state index in [9.17, 15) is 24.5 Å². The summed E-state index contributed by atoms with van der Waals surface area (Å²) < 4.78 is 6.18. The number of amides is 2. The van der Waals surface area contributed by atoms with Crippen molar-refractivity contribution in [2.75, 3.05) is 11.9 Å². The Kier molecular flexibility index (Phi) is 6.93. The second kappa shape index (κ2) is 9.01. The van der Waals surface area contributed by atoms with Crippen LogP contribution in [0.15, 0.2) is 0 Å². The molecule has 0 aromatic carbocycles. The summed E-state index contributed by atoms with van der Waals surface area (Å²) in [6.45, 7) is 4.59. The van der Waals surface area contributed by atoms with Gasteiger partial charge in [0.05, 0.1) is 27.8 Å². The maximum atomic E-state index is 12.5. The minimum Gasteiger partial charge on any atom is -0.462 e. The molecule has 0 unspecified atom stereocenters. The van der Waals surface area contributed by atoms with E-state index in [1.165, 1.54) is 13.8 Å². The molecule has 13 heteroatoms. The number of nitrogens with one attached hydrogen (secondary N) is 1. The Balaban J connectivity index is 2.31. The van der Waals surface area contributed by atoms with E-state index in [0.29, 0.717) is 12.0 Å². The first-order valence-corrected chi connectivity index (χ1v) is 9.55. The standard InChI is InChI=1S/C16H18ClN5O6S/c1-4-5-28-16(25)10-7(2)12(13(18)24)29-15(10)19-9(23)6-21-8(3)11(17)14(20-21)22(26)27/h4-6H2,1-3H3,(H2,18,24)(H,19,23). The van der Waals surface area contributed by atoms with Gasteiger partial charge >= 0.3 is 11.8 Å². The van der Waals surface area contributed by atoms with Gasteiger partial charge in [-0.2, -0.15) is 4.68 Å². The van der Waals surface area contributed by atoms with Gasteiger partial charge in [-0.25, -0.2) is 4.79 Å². The summed E-state index contributed by atoms with van der Waals surface area (Å²) in [5.74, 6) is -2.65. The molecule has 0 atom stereocenters. The zero-order valence-electron chi connectivity index (χ0n) is 15.8. The van der Waals surface area contributed by atoms with Crippen LogP contribution in [0.1, 0.15) is 44.6 Å². The van der Waals surface area contributed by atoms with Gasteiger partial charge in [0, 0.05) is 0 Å². The van der Waals surface area contributed by atoms with Gasteiger partial charge in [-0.3, -0.25) is 9.59 Å². The second-order valence-electron chi connectivity index (χ2n) is 5.95. The van der Waals surface area contributed by atoms with Crippen LogP contribution >= 0.6 is 22.9 Å². The van der Waals surface area contributed by atoms with Crippen molar-refractivity contribution in [3.8, 4) is 0 Å². The van der Waals surface area contributed by atoms with Gasteiger partial charge in [0.15, 0.2) is 5.02 Å². The van der Waals surface area contributed by atoms with E-state index in [4.69, 9.17) is 22.1 Å². The molecule has 2 amide bonds. The van der Waals surface area contributed by atoms with E-state index >= 15 is 0 Å². The number of thiophene rings is 1. The zero-order valence-corrected chi connectivity index (χ0v) is 17.3. The zero-order chi connectivity index (χ0) is 21.9. The third-order valence-electron chi connectivity index (χ3n) is 3.85. The van der Waals surface area contributed by atoms with Crippen molar-refractivity contribution in [1.29, 1.82) is 0 Å². The maximum Gasteiger partial charge on any atom is 0.408 e.